The molecule has 3 aromatic rings. The average molecular weight is 450 g/mol. The lowest BCUT2D eigenvalue weighted by Gasteiger charge is -2.28. The second kappa shape index (κ2) is 9.42. The average Bonchev–Trinajstić information content (AvgIpc) is 3.15. The number of thiazole rings is 1. The monoisotopic (exact) mass is 449 g/mol. The number of nitrogens with one attached hydrogen (secondary N) is 1. The summed E-state index contributed by atoms with van der Waals surface area (Å²) in [5.41, 5.74) is 0.411. The van der Waals surface area contributed by atoms with Gasteiger partial charge < -0.3 is 10.2 Å². The zero-order chi connectivity index (χ0) is 22.6. The van der Waals surface area contributed by atoms with Crippen molar-refractivity contribution in [2.75, 3.05) is 18.4 Å². The number of nitrogens with zero attached hydrogens (tertiary/aromatic N) is 4. The molecule has 0 aliphatic carbocycles. The number of benzene rings is 1. The maximum absolute atomic E-state index is 13.3. The van der Waals surface area contributed by atoms with Gasteiger partial charge in [-0.15, -0.1) is 11.3 Å². The van der Waals surface area contributed by atoms with Gasteiger partial charge in [-0.1, -0.05) is 30.3 Å². The normalized spacial score (nSPS) is 12.5. The molecule has 1 unspecified atom stereocenters. The Hall–Kier alpha value is -3.01. The van der Waals surface area contributed by atoms with E-state index in [9.17, 15) is 18.0 Å². The molecule has 1 N–H and O–H groups in total. The third-order valence-electron chi connectivity index (χ3n) is 4.64. The van der Waals surface area contributed by atoms with E-state index < -0.39 is 11.7 Å². The van der Waals surface area contributed by atoms with E-state index in [4.69, 9.17) is 0 Å². The van der Waals surface area contributed by atoms with Crippen LogP contribution in [-0.2, 0) is 6.18 Å². The van der Waals surface area contributed by atoms with E-state index in [1.54, 1.807) is 4.90 Å². The summed E-state index contributed by atoms with van der Waals surface area (Å²) in [6.45, 7) is 6.29. The Morgan fingerprint density at radius 3 is 2.42 bits per heavy atom. The highest BCUT2D eigenvalue weighted by Crippen LogP contribution is 2.31. The molecule has 1 aromatic carbocycles. The van der Waals surface area contributed by atoms with Crippen LogP contribution in [0.1, 0.15) is 34.9 Å². The van der Waals surface area contributed by atoms with E-state index >= 15 is 0 Å². The number of hydrogen-bond donors (Lipinski definition) is 1. The molecule has 0 saturated heterocycles. The first kappa shape index (κ1) is 22.7. The number of likely N-dealkylation sites (N-methyl/N-ethyl adjacent to an activating group) is 1. The van der Waals surface area contributed by atoms with E-state index in [2.05, 4.69) is 20.3 Å². The van der Waals surface area contributed by atoms with E-state index in [-0.39, 0.29) is 24.4 Å². The lowest BCUT2D eigenvalue weighted by atomic mass is 10.1. The molecule has 6 nitrogen and oxygen atoms in total. The van der Waals surface area contributed by atoms with Gasteiger partial charge in [0.25, 0.3) is 5.91 Å². The number of alkyl halides is 3. The molecule has 0 fully saturated rings. The van der Waals surface area contributed by atoms with Gasteiger partial charge in [-0.3, -0.25) is 4.79 Å². The van der Waals surface area contributed by atoms with E-state index in [0.29, 0.717) is 12.2 Å². The standard InChI is InChI=1S/C21H22F3N5OS/c1-4-29(13(2)10-25-20-26-11-16(12-27-20)21(22,23)24)19(30)17-18(31-14(3)28-17)15-8-6-5-7-9-15/h5-9,11-13H,4,10H2,1-3H3,(H,25,26,27). The van der Waals surface area contributed by atoms with Crippen LogP contribution in [0, 0.1) is 6.92 Å². The van der Waals surface area contributed by atoms with Crippen LogP contribution in [0.25, 0.3) is 10.4 Å². The van der Waals surface area contributed by atoms with Gasteiger partial charge >= 0.3 is 6.18 Å². The van der Waals surface area contributed by atoms with Gasteiger partial charge in [0.1, 0.15) is 5.69 Å². The van der Waals surface area contributed by atoms with Crippen LogP contribution in [0.15, 0.2) is 42.7 Å². The molecule has 10 heteroatoms. The van der Waals surface area contributed by atoms with E-state index in [1.807, 2.05) is 51.1 Å². The molecule has 0 radical (unpaired) electrons. The van der Waals surface area contributed by atoms with Gasteiger partial charge in [0.15, 0.2) is 0 Å². The van der Waals surface area contributed by atoms with Gasteiger partial charge in [0.2, 0.25) is 5.95 Å². The largest absolute Gasteiger partial charge is 0.419 e. The molecule has 2 aromatic heterocycles. The quantitative estimate of drug-likeness (QED) is 0.556. The van der Waals surface area contributed by atoms with Gasteiger partial charge in [0, 0.05) is 31.5 Å². The number of halogens is 3. The third-order valence-corrected chi connectivity index (χ3v) is 5.66. The van der Waals surface area contributed by atoms with Crippen LogP contribution in [0.3, 0.4) is 0 Å². The summed E-state index contributed by atoms with van der Waals surface area (Å²) in [7, 11) is 0. The Morgan fingerprint density at radius 1 is 1.19 bits per heavy atom. The second-order valence-electron chi connectivity index (χ2n) is 6.89. The van der Waals surface area contributed by atoms with Gasteiger partial charge in [-0.05, 0) is 26.3 Å². The summed E-state index contributed by atoms with van der Waals surface area (Å²) < 4.78 is 37.9. The van der Waals surface area contributed by atoms with Crippen molar-refractivity contribution in [2.45, 2.75) is 33.0 Å². The number of hydrogen-bond acceptors (Lipinski definition) is 6. The van der Waals surface area contributed by atoms with Crippen molar-refractivity contribution >= 4 is 23.2 Å². The predicted molar refractivity (Wildman–Crippen MR) is 114 cm³/mol. The zero-order valence-corrected chi connectivity index (χ0v) is 18.1. The molecule has 0 saturated carbocycles. The highest BCUT2D eigenvalue weighted by molar-refractivity contribution is 7.15. The third kappa shape index (κ3) is 5.38. The van der Waals surface area contributed by atoms with Gasteiger partial charge in [-0.25, -0.2) is 15.0 Å². The van der Waals surface area contributed by atoms with Gasteiger partial charge in [0.05, 0.1) is 15.4 Å². The SMILES string of the molecule is CCN(C(=O)c1nc(C)sc1-c1ccccc1)C(C)CNc1ncc(C(F)(F)F)cn1. The smallest absolute Gasteiger partial charge is 0.352 e. The maximum atomic E-state index is 13.3. The zero-order valence-electron chi connectivity index (χ0n) is 17.3. The Bertz CT molecular complexity index is 1020. The lowest BCUT2D eigenvalue weighted by Crippen LogP contribution is -2.42. The number of aryl methyl sites for hydroxylation is 1. The minimum atomic E-state index is -4.49. The summed E-state index contributed by atoms with van der Waals surface area (Å²) in [5.74, 6) is -0.133. The summed E-state index contributed by atoms with van der Waals surface area (Å²) in [6, 6.07) is 9.34. The van der Waals surface area contributed by atoms with E-state index in [1.165, 1.54) is 11.3 Å². The maximum Gasteiger partial charge on any atom is 0.419 e. The summed E-state index contributed by atoms with van der Waals surface area (Å²) in [4.78, 5) is 27.6. The first-order valence-corrected chi connectivity index (χ1v) is 10.5. The molecule has 164 valence electrons. The van der Waals surface area contributed by atoms with Crippen LogP contribution in [0.5, 0.6) is 0 Å². The molecule has 0 spiro atoms. The molecular weight excluding hydrogens is 427 g/mol. The fraction of sp³-hybridized carbons (Fsp3) is 0.333. The summed E-state index contributed by atoms with van der Waals surface area (Å²) in [6.07, 6.45) is -3.03. The van der Waals surface area contributed by atoms with Crippen molar-refractivity contribution < 1.29 is 18.0 Å². The fourth-order valence-corrected chi connectivity index (χ4v) is 3.98. The minimum Gasteiger partial charge on any atom is -0.352 e. The molecule has 1 amide bonds. The molecule has 3 rings (SSSR count). The Kier molecular flexibility index (Phi) is 6.89. The molecule has 0 bridgehead atoms. The number of aromatic nitrogens is 3. The second-order valence-corrected chi connectivity index (χ2v) is 8.09. The Morgan fingerprint density at radius 2 is 1.84 bits per heavy atom. The van der Waals surface area contributed by atoms with Crippen molar-refractivity contribution in [3.05, 3.63) is 59.0 Å². The minimum absolute atomic E-state index is 0.0674. The topological polar surface area (TPSA) is 71.0 Å². The molecule has 0 aliphatic rings. The molecule has 31 heavy (non-hydrogen) atoms. The molecule has 0 aliphatic heterocycles. The number of anilines is 1. The number of carbonyl (C=O) groups is 1. The van der Waals surface area contributed by atoms with Crippen molar-refractivity contribution in [1.29, 1.82) is 0 Å². The molecule has 1 atom stereocenters. The number of amides is 1. The van der Waals surface area contributed by atoms with Crippen molar-refractivity contribution in [3.8, 4) is 10.4 Å². The van der Waals surface area contributed by atoms with Crippen molar-refractivity contribution in [2.24, 2.45) is 0 Å². The van der Waals surface area contributed by atoms with Crippen molar-refractivity contribution in [3.63, 3.8) is 0 Å². The van der Waals surface area contributed by atoms with Crippen LogP contribution in [0.4, 0.5) is 19.1 Å². The highest BCUT2D eigenvalue weighted by atomic mass is 32.1. The first-order chi connectivity index (χ1) is 14.7. The number of carbonyl (C=O) groups excluding carboxylic acids is 1. The first-order valence-electron chi connectivity index (χ1n) is 9.67. The fourth-order valence-electron chi connectivity index (χ4n) is 3.06. The van der Waals surface area contributed by atoms with Crippen molar-refractivity contribution in [1.82, 2.24) is 19.9 Å². The van der Waals surface area contributed by atoms with E-state index in [0.717, 1.165) is 27.8 Å². The van der Waals surface area contributed by atoms with Crippen LogP contribution < -0.4 is 5.32 Å². The predicted octanol–water partition coefficient (Wildman–Crippen LogP) is 4.89. The Labute approximate surface area is 182 Å². The lowest BCUT2D eigenvalue weighted by molar-refractivity contribution is -0.138. The van der Waals surface area contributed by atoms with Crippen LogP contribution >= 0.6 is 11.3 Å². The van der Waals surface area contributed by atoms with Crippen LogP contribution in [0.2, 0.25) is 0 Å². The number of rotatable bonds is 7. The molecule has 2 heterocycles. The van der Waals surface area contributed by atoms with Crippen LogP contribution in [-0.4, -0.2) is 44.9 Å². The molecular formula is C21H22F3N5OS. The highest BCUT2D eigenvalue weighted by Gasteiger charge is 2.31. The summed E-state index contributed by atoms with van der Waals surface area (Å²) in [5, 5.41) is 3.69. The van der Waals surface area contributed by atoms with Gasteiger partial charge in [-0.2, -0.15) is 13.2 Å². The summed E-state index contributed by atoms with van der Waals surface area (Å²) >= 11 is 1.46. The Balaban J connectivity index is 1.73.